The van der Waals surface area contributed by atoms with Gasteiger partial charge in [0.25, 0.3) is 0 Å². The quantitative estimate of drug-likeness (QED) is 0.689. The first-order valence-electron chi connectivity index (χ1n) is 4.26. The van der Waals surface area contributed by atoms with Crippen molar-refractivity contribution in [3.63, 3.8) is 0 Å². The summed E-state index contributed by atoms with van der Waals surface area (Å²) < 4.78 is 58.8. The Hall–Kier alpha value is -0.0100. The molecule has 8 heteroatoms. The van der Waals surface area contributed by atoms with Crippen LogP contribution in [0.3, 0.4) is 0 Å². The maximum atomic E-state index is 11.8. The maximum Gasteiger partial charge on any atom is 0.390 e. The highest BCUT2D eigenvalue weighted by atomic mass is 35.5. The molecule has 0 spiro atoms. The van der Waals surface area contributed by atoms with Gasteiger partial charge in [-0.05, 0) is 6.42 Å². The summed E-state index contributed by atoms with van der Waals surface area (Å²) in [5, 5.41) is 0. The Bertz CT molecular complexity index is 278. The van der Waals surface area contributed by atoms with Crippen LogP contribution < -0.4 is 0 Å². The van der Waals surface area contributed by atoms with E-state index in [1.807, 2.05) is 0 Å². The summed E-state index contributed by atoms with van der Waals surface area (Å²) in [5.41, 5.74) is 0. The van der Waals surface area contributed by atoms with Crippen LogP contribution in [0.4, 0.5) is 13.2 Å². The van der Waals surface area contributed by atoms with Crippen molar-refractivity contribution in [2.24, 2.45) is 0 Å². The molecule has 0 aliphatic carbocycles. The highest BCUT2D eigenvalue weighted by Gasteiger charge is 2.29. The van der Waals surface area contributed by atoms with Gasteiger partial charge in [0.05, 0.1) is 12.2 Å². The molecule has 0 saturated carbocycles. The summed E-state index contributed by atoms with van der Waals surface area (Å²) in [5.74, 6) is -0.0444. The van der Waals surface area contributed by atoms with Gasteiger partial charge < -0.3 is 0 Å². The summed E-state index contributed by atoms with van der Waals surface area (Å²) in [6.45, 7) is -0.548. The van der Waals surface area contributed by atoms with Crippen molar-refractivity contribution in [2.75, 3.05) is 25.2 Å². The molecule has 92 valence electrons. The maximum absolute atomic E-state index is 11.8. The van der Waals surface area contributed by atoms with Crippen molar-refractivity contribution in [3.05, 3.63) is 0 Å². The first-order chi connectivity index (χ1) is 6.69. The van der Waals surface area contributed by atoms with E-state index in [1.54, 1.807) is 0 Å². The predicted octanol–water partition coefficient (Wildman–Crippen LogP) is 1.83. The Morgan fingerprint density at radius 3 is 2.27 bits per heavy atom. The number of halogens is 4. The number of nitrogens with zero attached hydrogens (tertiary/aromatic N) is 1. The van der Waals surface area contributed by atoms with Crippen LogP contribution in [0.5, 0.6) is 0 Å². The summed E-state index contributed by atoms with van der Waals surface area (Å²) in [4.78, 5) is 0. The molecule has 0 saturated heterocycles. The van der Waals surface area contributed by atoms with E-state index in [0.29, 0.717) is 4.31 Å². The van der Waals surface area contributed by atoms with Crippen LogP contribution in [0.1, 0.15) is 12.8 Å². The molecular formula is C7H13ClF3NO2S. The van der Waals surface area contributed by atoms with E-state index in [9.17, 15) is 21.6 Å². The largest absolute Gasteiger partial charge is 0.390 e. The Morgan fingerprint density at radius 2 is 1.87 bits per heavy atom. The number of rotatable bonds is 6. The molecule has 3 nitrogen and oxygen atoms in total. The minimum atomic E-state index is -4.34. The van der Waals surface area contributed by atoms with Gasteiger partial charge in [-0.25, -0.2) is 12.7 Å². The molecule has 15 heavy (non-hydrogen) atoms. The SMILES string of the molecule is CN(CCC(F)(F)F)S(=O)(=O)CCCCl. The molecule has 0 heterocycles. The molecule has 0 aromatic rings. The Balaban J connectivity index is 4.14. The van der Waals surface area contributed by atoms with Crippen LogP contribution in [0.25, 0.3) is 0 Å². The van der Waals surface area contributed by atoms with Crippen molar-refractivity contribution in [1.82, 2.24) is 4.31 Å². The van der Waals surface area contributed by atoms with Crippen LogP contribution in [0, 0.1) is 0 Å². The van der Waals surface area contributed by atoms with Crippen molar-refractivity contribution in [1.29, 1.82) is 0 Å². The van der Waals surface area contributed by atoms with Crippen LogP contribution >= 0.6 is 11.6 Å². The Labute approximate surface area is 92.2 Å². The van der Waals surface area contributed by atoms with Crippen molar-refractivity contribution in [2.45, 2.75) is 19.0 Å². The lowest BCUT2D eigenvalue weighted by atomic mass is 10.4. The van der Waals surface area contributed by atoms with Gasteiger partial charge in [0.1, 0.15) is 0 Å². The number of hydrogen-bond acceptors (Lipinski definition) is 2. The molecule has 0 aliphatic rings. The molecule has 0 bridgehead atoms. The normalized spacial score (nSPS) is 13.5. The van der Waals surface area contributed by atoms with E-state index in [1.165, 1.54) is 0 Å². The first-order valence-corrected chi connectivity index (χ1v) is 6.40. The zero-order valence-electron chi connectivity index (χ0n) is 8.22. The molecule has 0 amide bonds. The molecule has 0 N–H and O–H groups in total. The predicted molar refractivity (Wildman–Crippen MR) is 52.4 cm³/mol. The van der Waals surface area contributed by atoms with Crippen LogP contribution in [-0.4, -0.2) is 44.1 Å². The Kier molecular flexibility index (Phi) is 5.90. The second-order valence-electron chi connectivity index (χ2n) is 3.05. The standard InChI is InChI=1S/C7H13ClF3NO2S/c1-12(5-3-7(9,10)11)15(13,14)6-2-4-8/h2-6H2,1H3. The third-order valence-corrected chi connectivity index (χ3v) is 3.93. The number of sulfonamides is 1. The molecule has 0 aromatic carbocycles. The van der Waals surface area contributed by atoms with Crippen LogP contribution in [0.2, 0.25) is 0 Å². The first kappa shape index (κ1) is 15.0. The molecule has 0 rings (SSSR count). The fourth-order valence-electron chi connectivity index (χ4n) is 0.816. The van der Waals surface area contributed by atoms with E-state index >= 15 is 0 Å². The fraction of sp³-hybridized carbons (Fsp3) is 1.00. The van der Waals surface area contributed by atoms with Gasteiger partial charge >= 0.3 is 6.18 Å². The monoisotopic (exact) mass is 267 g/mol. The fourth-order valence-corrected chi connectivity index (χ4v) is 2.30. The van der Waals surface area contributed by atoms with Gasteiger partial charge in [-0.15, -0.1) is 11.6 Å². The van der Waals surface area contributed by atoms with Gasteiger partial charge in [-0.3, -0.25) is 0 Å². The Morgan fingerprint density at radius 1 is 1.33 bits per heavy atom. The van der Waals surface area contributed by atoms with Crippen LogP contribution in [-0.2, 0) is 10.0 Å². The smallest absolute Gasteiger partial charge is 0.212 e. The molecule has 0 atom stereocenters. The molecule has 0 aliphatic heterocycles. The third kappa shape index (κ3) is 6.97. The lowest BCUT2D eigenvalue weighted by molar-refractivity contribution is -0.135. The average Bonchev–Trinajstić information content (AvgIpc) is 2.09. The minimum absolute atomic E-state index is 0.173. The lowest BCUT2D eigenvalue weighted by Gasteiger charge is -2.17. The summed E-state index contributed by atoms with van der Waals surface area (Å²) in [7, 11) is -2.46. The molecule has 0 radical (unpaired) electrons. The van der Waals surface area contributed by atoms with Gasteiger partial charge in [0.2, 0.25) is 10.0 Å². The molecule has 0 unspecified atom stereocenters. The van der Waals surface area contributed by atoms with Crippen molar-refractivity contribution in [3.8, 4) is 0 Å². The van der Waals surface area contributed by atoms with E-state index < -0.39 is 29.2 Å². The second kappa shape index (κ2) is 5.91. The molecular weight excluding hydrogens is 255 g/mol. The molecule has 0 fully saturated rings. The summed E-state index contributed by atoms with van der Waals surface area (Å²) in [6.07, 6.45) is -5.24. The van der Waals surface area contributed by atoms with E-state index in [2.05, 4.69) is 0 Å². The van der Waals surface area contributed by atoms with Crippen molar-refractivity contribution >= 4 is 21.6 Å². The average molecular weight is 268 g/mol. The van der Waals surface area contributed by atoms with Gasteiger partial charge in [-0.2, -0.15) is 13.2 Å². The number of alkyl halides is 4. The van der Waals surface area contributed by atoms with Crippen molar-refractivity contribution < 1.29 is 21.6 Å². The zero-order chi connectivity index (χ0) is 12.1. The van der Waals surface area contributed by atoms with E-state index in [-0.39, 0.29) is 18.1 Å². The van der Waals surface area contributed by atoms with Gasteiger partial charge in [-0.1, -0.05) is 0 Å². The van der Waals surface area contributed by atoms with Gasteiger partial charge in [0.15, 0.2) is 0 Å². The number of hydrogen-bond donors (Lipinski definition) is 0. The molecule has 0 aromatic heterocycles. The van der Waals surface area contributed by atoms with Gasteiger partial charge in [0, 0.05) is 19.5 Å². The van der Waals surface area contributed by atoms with E-state index in [0.717, 1.165) is 7.05 Å². The highest BCUT2D eigenvalue weighted by molar-refractivity contribution is 7.89. The summed E-state index contributed by atoms with van der Waals surface area (Å²) >= 11 is 5.30. The van der Waals surface area contributed by atoms with E-state index in [4.69, 9.17) is 11.6 Å². The summed E-state index contributed by atoms with van der Waals surface area (Å²) in [6, 6.07) is 0. The zero-order valence-corrected chi connectivity index (χ0v) is 9.79. The lowest BCUT2D eigenvalue weighted by Crippen LogP contribution is -2.32. The minimum Gasteiger partial charge on any atom is -0.212 e. The van der Waals surface area contributed by atoms with Crippen LogP contribution in [0.15, 0.2) is 0 Å². The third-order valence-electron chi connectivity index (χ3n) is 1.72. The second-order valence-corrected chi connectivity index (χ2v) is 5.62. The highest BCUT2D eigenvalue weighted by Crippen LogP contribution is 2.20. The topological polar surface area (TPSA) is 37.4 Å².